The van der Waals surface area contributed by atoms with Crippen molar-refractivity contribution < 1.29 is 4.79 Å². The number of thioether (sulfide) groups is 1. The Morgan fingerprint density at radius 1 is 1.08 bits per heavy atom. The van der Waals surface area contributed by atoms with Crippen LogP contribution in [-0.2, 0) is 4.79 Å². The van der Waals surface area contributed by atoms with Crippen LogP contribution in [-0.4, -0.2) is 52.2 Å². The lowest BCUT2D eigenvalue weighted by atomic mass is 10.1. The lowest BCUT2D eigenvalue weighted by Crippen LogP contribution is -2.50. The van der Waals surface area contributed by atoms with Crippen LogP contribution < -0.4 is 4.90 Å². The summed E-state index contributed by atoms with van der Waals surface area (Å²) in [5, 5.41) is 0.479. The molecule has 1 amide bonds. The molecule has 1 atom stereocenters. The van der Waals surface area contributed by atoms with Crippen LogP contribution in [0.4, 0.5) is 5.69 Å². The van der Waals surface area contributed by atoms with Gasteiger partial charge in [0.15, 0.2) is 5.16 Å². The predicted molar refractivity (Wildman–Crippen MR) is 102 cm³/mol. The van der Waals surface area contributed by atoms with Gasteiger partial charge in [0.25, 0.3) is 0 Å². The second-order valence-electron chi connectivity index (χ2n) is 6.32. The van der Waals surface area contributed by atoms with E-state index < -0.39 is 0 Å². The van der Waals surface area contributed by atoms with Gasteiger partial charge in [0, 0.05) is 44.3 Å². The standard InChI is InChI=1S/C19H24N4OS/c1-14-6-4-7-17(15(14)2)22-10-12-23(13-11-22)18(24)16(3)25-19-20-8-5-9-21-19/h4-9,16H,10-13H2,1-3H3. The predicted octanol–water partition coefficient (Wildman–Crippen LogP) is 2.92. The highest BCUT2D eigenvalue weighted by atomic mass is 32.2. The number of hydrogen-bond acceptors (Lipinski definition) is 5. The maximum Gasteiger partial charge on any atom is 0.236 e. The van der Waals surface area contributed by atoms with E-state index >= 15 is 0 Å². The van der Waals surface area contributed by atoms with Gasteiger partial charge in [-0.3, -0.25) is 4.79 Å². The quantitative estimate of drug-likeness (QED) is 0.623. The molecule has 6 heteroatoms. The number of anilines is 1. The third kappa shape index (κ3) is 4.12. The maximum absolute atomic E-state index is 12.7. The van der Waals surface area contributed by atoms with Crippen LogP contribution in [0.2, 0.25) is 0 Å². The fourth-order valence-electron chi connectivity index (χ4n) is 3.06. The molecule has 1 aromatic heterocycles. The van der Waals surface area contributed by atoms with Crippen molar-refractivity contribution in [2.24, 2.45) is 0 Å². The Balaban J connectivity index is 1.58. The van der Waals surface area contributed by atoms with Gasteiger partial charge >= 0.3 is 0 Å². The Bertz CT molecular complexity index is 729. The average Bonchev–Trinajstić information content (AvgIpc) is 2.64. The summed E-state index contributed by atoms with van der Waals surface area (Å²) in [5.41, 5.74) is 3.92. The topological polar surface area (TPSA) is 49.3 Å². The smallest absolute Gasteiger partial charge is 0.236 e. The van der Waals surface area contributed by atoms with Crippen molar-refractivity contribution in [3.8, 4) is 0 Å². The number of nitrogens with zero attached hydrogens (tertiary/aromatic N) is 4. The Morgan fingerprint density at radius 3 is 2.44 bits per heavy atom. The lowest BCUT2D eigenvalue weighted by molar-refractivity contribution is -0.130. The minimum absolute atomic E-state index is 0.165. The molecule has 132 valence electrons. The van der Waals surface area contributed by atoms with Gasteiger partial charge in [0.2, 0.25) is 5.91 Å². The molecular formula is C19H24N4OS. The average molecular weight is 356 g/mol. The number of aryl methyl sites for hydroxylation is 1. The maximum atomic E-state index is 12.7. The molecule has 0 saturated carbocycles. The number of amides is 1. The first-order valence-corrected chi connectivity index (χ1v) is 9.48. The Hall–Kier alpha value is -2.08. The van der Waals surface area contributed by atoms with Gasteiger partial charge in [-0.1, -0.05) is 23.9 Å². The number of hydrogen-bond donors (Lipinski definition) is 0. The second-order valence-corrected chi connectivity index (χ2v) is 7.63. The highest BCUT2D eigenvalue weighted by molar-refractivity contribution is 8.00. The minimum Gasteiger partial charge on any atom is -0.368 e. The molecule has 1 aromatic carbocycles. The molecule has 0 aliphatic carbocycles. The van der Waals surface area contributed by atoms with E-state index in [4.69, 9.17) is 0 Å². The minimum atomic E-state index is -0.172. The highest BCUT2D eigenvalue weighted by Crippen LogP contribution is 2.25. The van der Waals surface area contributed by atoms with Crippen molar-refractivity contribution >= 4 is 23.4 Å². The van der Waals surface area contributed by atoms with E-state index in [9.17, 15) is 4.79 Å². The zero-order valence-electron chi connectivity index (χ0n) is 15.0. The van der Waals surface area contributed by atoms with Gasteiger partial charge in [0.1, 0.15) is 0 Å². The summed E-state index contributed by atoms with van der Waals surface area (Å²) in [5.74, 6) is 0.165. The first-order chi connectivity index (χ1) is 12.1. The molecule has 5 nitrogen and oxygen atoms in total. The van der Waals surface area contributed by atoms with Gasteiger partial charge in [-0.2, -0.15) is 0 Å². The van der Waals surface area contributed by atoms with Crippen LogP contribution in [0.5, 0.6) is 0 Å². The van der Waals surface area contributed by atoms with Gasteiger partial charge < -0.3 is 9.80 Å². The molecule has 1 aliphatic heterocycles. The van der Waals surface area contributed by atoms with Crippen molar-refractivity contribution in [2.45, 2.75) is 31.2 Å². The van der Waals surface area contributed by atoms with Gasteiger partial charge in [-0.15, -0.1) is 0 Å². The van der Waals surface area contributed by atoms with E-state index in [0.29, 0.717) is 5.16 Å². The first kappa shape index (κ1) is 17.7. The molecule has 0 bridgehead atoms. The van der Waals surface area contributed by atoms with Crippen LogP contribution in [0.25, 0.3) is 0 Å². The summed E-state index contributed by atoms with van der Waals surface area (Å²) in [4.78, 5) is 25.4. The zero-order chi connectivity index (χ0) is 17.8. The monoisotopic (exact) mass is 356 g/mol. The van der Waals surface area contributed by atoms with Crippen molar-refractivity contribution in [1.29, 1.82) is 0 Å². The molecular weight excluding hydrogens is 332 g/mol. The molecule has 1 unspecified atom stereocenters. The summed E-state index contributed by atoms with van der Waals surface area (Å²) in [6.45, 7) is 9.49. The number of carbonyl (C=O) groups is 1. The molecule has 1 saturated heterocycles. The van der Waals surface area contributed by atoms with E-state index in [-0.39, 0.29) is 11.2 Å². The normalized spacial score (nSPS) is 16.0. The fraction of sp³-hybridized carbons (Fsp3) is 0.421. The van der Waals surface area contributed by atoms with Crippen LogP contribution in [0.1, 0.15) is 18.1 Å². The van der Waals surface area contributed by atoms with Crippen LogP contribution in [0.3, 0.4) is 0 Å². The van der Waals surface area contributed by atoms with Gasteiger partial charge in [-0.25, -0.2) is 9.97 Å². The van der Waals surface area contributed by atoms with Crippen LogP contribution in [0, 0.1) is 13.8 Å². The lowest BCUT2D eigenvalue weighted by Gasteiger charge is -2.37. The Kier molecular flexibility index (Phi) is 5.58. The number of carbonyl (C=O) groups excluding carboxylic acids is 1. The van der Waals surface area contributed by atoms with Crippen LogP contribution in [0.15, 0.2) is 41.8 Å². The summed E-state index contributed by atoms with van der Waals surface area (Å²) < 4.78 is 0. The van der Waals surface area contributed by atoms with Gasteiger partial charge in [-0.05, 0) is 44.0 Å². The molecule has 1 fully saturated rings. The van der Waals surface area contributed by atoms with Gasteiger partial charge in [0.05, 0.1) is 5.25 Å². The largest absolute Gasteiger partial charge is 0.368 e. The molecule has 2 aromatic rings. The fourth-order valence-corrected chi connectivity index (χ4v) is 3.87. The van der Waals surface area contributed by atoms with Crippen molar-refractivity contribution in [2.75, 3.05) is 31.1 Å². The molecule has 0 spiro atoms. The molecule has 0 radical (unpaired) electrons. The van der Waals surface area contributed by atoms with E-state index in [1.807, 2.05) is 11.8 Å². The molecule has 0 N–H and O–H groups in total. The molecule has 1 aliphatic rings. The number of piperazine rings is 1. The first-order valence-electron chi connectivity index (χ1n) is 8.60. The van der Waals surface area contributed by atoms with E-state index in [0.717, 1.165) is 26.2 Å². The Labute approximate surface area is 153 Å². The highest BCUT2D eigenvalue weighted by Gasteiger charge is 2.26. The van der Waals surface area contributed by atoms with E-state index in [1.165, 1.54) is 28.6 Å². The van der Waals surface area contributed by atoms with Crippen molar-refractivity contribution in [1.82, 2.24) is 14.9 Å². The number of rotatable bonds is 4. The SMILES string of the molecule is Cc1cccc(N2CCN(C(=O)C(C)Sc3ncccn3)CC2)c1C. The third-order valence-electron chi connectivity index (χ3n) is 4.68. The van der Waals surface area contributed by atoms with E-state index in [2.05, 4.69) is 46.9 Å². The second kappa shape index (κ2) is 7.87. The summed E-state index contributed by atoms with van der Waals surface area (Å²) in [6, 6.07) is 8.20. The molecule has 3 rings (SSSR count). The van der Waals surface area contributed by atoms with Crippen molar-refractivity contribution in [3.63, 3.8) is 0 Å². The van der Waals surface area contributed by atoms with Crippen molar-refractivity contribution in [3.05, 3.63) is 47.8 Å². The van der Waals surface area contributed by atoms with E-state index in [1.54, 1.807) is 18.5 Å². The molecule has 25 heavy (non-hydrogen) atoms. The summed E-state index contributed by atoms with van der Waals surface area (Å²) in [7, 11) is 0. The molecule has 2 heterocycles. The summed E-state index contributed by atoms with van der Waals surface area (Å²) >= 11 is 1.42. The van der Waals surface area contributed by atoms with Crippen LogP contribution >= 0.6 is 11.8 Å². The number of benzene rings is 1. The zero-order valence-corrected chi connectivity index (χ0v) is 15.8. The number of aromatic nitrogens is 2. The third-order valence-corrected chi connectivity index (χ3v) is 5.66. The Morgan fingerprint density at radius 2 is 1.76 bits per heavy atom. The summed E-state index contributed by atoms with van der Waals surface area (Å²) in [6.07, 6.45) is 3.41.